The third-order valence-electron chi connectivity index (χ3n) is 3.67. The van der Waals surface area contributed by atoms with Crippen molar-refractivity contribution in [2.75, 3.05) is 18.4 Å². The van der Waals surface area contributed by atoms with E-state index in [9.17, 15) is 9.18 Å². The van der Waals surface area contributed by atoms with Gasteiger partial charge in [0, 0.05) is 25.3 Å². The van der Waals surface area contributed by atoms with Gasteiger partial charge in [-0.25, -0.2) is 14.4 Å². The quantitative estimate of drug-likeness (QED) is 0.843. The summed E-state index contributed by atoms with van der Waals surface area (Å²) in [5.41, 5.74) is 0.458. The fourth-order valence-electron chi connectivity index (χ4n) is 2.65. The average Bonchev–Trinajstić information content (AvgIpc) is 2.89. The van der Waals surface area contributed by atoms with Crippen LogP contribution in [0.25, 0.3) is 11.0 Å². The summed E-state index contributed by atoms with van der Waals surface area (Å²) in [5, 5.41) is 3.57. The van der Waals surface area contributed by atoms with Gasteiger partial charge < -0.3 is 15.2 Å². The number of aromatic amines is 1. The van der Waals surface area contributed by atoms with Gasteiger partial charge in [-0.05, 0) is 18.9 Å². The van der Waals surface area contributed by atoms with Crippen LogP contribution in [0.1, 0.15) is 12.8 Å². The second-order valence-corrected chi connectivity index (χ2v) is 5.05. The maximum atomic E-state index is 13.8. The molecule has 0 aliphatic carbocycles. The summed E-state index contributed by atoms with van der Waals surface area (Å²) in [6.07, 6.45) is 5.76. The van der Waals surface area contributed by atoms with Crippen molar-refractivity contribution in [3.63, 3.8) is 0 Å². The van der Waals surface area contributed by atoms with Crippen LogP contribution in [0, 0.1) is 5.82 Å². The first-order valence-corrected chi connectivity index (χ1v) is 6.84. The SMILES string of the molecule is C=CC(=O)N1CCCC(Nc2ncnc3[nH]cc(F)c23)C1. The van der Waals surface area contributed by atoms with Crippen LogP contribution in [0.15, 0.2) is 25.2 Å². The van der Waals surface area contributed by atoms with E-state index in [4.69, 9.17) is 0 Å². The number of nitrogens with one attached hydrogen (secondary N) is 2. The van der Waals surface area contributed by atoms with Crippen LogP contribution in [0.2, 0.25) is 0 Å². The van der Waals surface area contributed by atoms with Crippen LogP contribution in [-0.2, 0) is 4.79 Å². The van der Waals surface area contributed by atoms with E-state index in [1.807, 2.05) is 0 Å². The third kappa shape index (κ3) is 2.58. The maximum absolute atomic E-state index is 13.8. The number of likely N-dealkylation sites (tertiary alicyclic amines) is 1. The lowest BCUT2D eigenvalue weighted by Crippen LogP contribution is -2.44. The Bertz CT molecular complexity index is 683. The molecule has 1 amide bonds. The minimum Gasteiger partial charge on any atom is -0.365 e. The molecule has 0 spiro atoms. The monoisotopic (exact) mass is 289 g/mol. The zero-order valence-electron chi connectivity index (χ0n) is 11.5. The second-order valence-electron chi connectivity index (χ2n) is 5.05. The molecule has 1 saturated heterocycles. The number of carbonyl (C=O) groups excluding carboxylic acids is 1. The van der Waals surface area contributed by atoms with E-state index < -0.39 is 0 Å². The van der Waals surface area contributed by atoms with Crippen LogP contribution in [0.4, 0.5) is 10.2 Å². The lowest BCUT2D eigenvalue weighted by atomic mass is 10.1. The highest BCUT2D eigenvalue weighted by Gasteiger charge is 2.23. The van der Waals surface area contributed by atoms with E-state index in [0.717, 1.165) is 19.4 Å². The Hall–Kier alpha value is -2.44. The molecule has 7 heteroatoms. The second kappa shape index (κ2) is 5.51. The van der Waals surface area contributed by atoms with Gasteiger partial charge >= 0.3 is 0 Å². The van der Waals surface area contributed by atoms with Gasteiger partial charge in [-0.1, -0.05) is 6.58 Å². The highest BCUT2D eigenvalue weighted by atomic mass is 19.1. The van der Waals surface area contributed by atoms with E-state index in [1.165, 1.54) is 18.6 Å². The topological polar surface area (TPSA) is 73.9 Å². The minimum absolute atomic E-state index is 0.0371. The number of aromatic nitrogens is 3. The highest BCUT2D eigenvalue weighted by molar-refractivity contribution is 5.88. The molecular formula is C14H16FN5O. The summed E-state index contributed by atoms with van der Waals surface area (Å²) < 4.78 is 13.8. The molecule has 0 saturated carbocycles. The van der Waals surface area contributed by atoms with E-state index in [-0.39, 0.29) is 17.8 Å². The Kier molecular flexibility index (Phi) is 3.55. The maximum Gasteiger partial charge on any atom is 0.246 e. The van der Waals surface area contributed by atoms with Gasteiger partial charge in [0.1, 0.15) is 17.8 Å². The van der Waals surface area contributed by atoms with Crippen LogP contribution in [-0.4, -0.2) is 44.9 Å². The van der Waals surface area contributed by atoms with Crippen molar-refractivity contribution in [1.82, 2.24) is 19.9 Å². The summed E-state index contributed by atoms with van der Waals surface area (Å²) in [4.78, 5) is 24.3. The largest absolute Gasteiger partial charge is 0.365 e. The number of anilines is 1. The molecule has 1 unspecified atom stereocenters. The number of hydrogen-bond acceptors (Lipinski definition) is 4. The van der Waals surface area contributed by atoms with Crippen LogP contribution < -0.4 is 5.32 Å². The molecule has 1 aliphatic heterocycles. The standard InChI is InChI=1S/C14H16FN5O/c1-2-11(21)20-5-3-4-9(7-20)19-14-12-10(15)6-16-13(12)17-8-18-14/h2,6,8-9H,1,3-5,7H2,(H2,16,17,18,19). The van der Waals surface area contributed by atoms with Crippen molar-refractivity contribution in [3.8, 4) is 0 Å². The third-order valence-corrected chi connectivity index (χ3v) is 3.67. The number of halogens is 1. The Labute approximate surface area is 121 Å². The van der Waals surface area contributed by atoms with E-state index >= 15 is 0 Å². The van der Waals surface area contributed by atoms with Crippen molar-refractivity contribution < 1.29 is 9.18 Å². The van der Waals surface area contributed by atoms with E-state index in [1.54, 1.807) is 4.90 Å². The van der Waals surface area contributed by atoms with Crippen molar-refractivity contribution >= 4 is 22.8 Å². The Morgan fingerprint density at radius 3 is 3.24 bits per heavy atom. The zero-order valence-corrected chi connectivity index (χ0v) is 11.5. The fraction of sp³-hybridized carbons (Fsp3) is 0.357. The number of piperidine rings is 1. The van der Waals surface area contributed by atoms with Crippen molar-refractivity contribution in [2.24, 2.45) is 0 Å². The van der Waals surface area contributed by atoms with Crippen LogP contribution in [0.3, 0.4) is 0 Å². The first kappa shape index (κ1) is 13.5. The smallest absolute Gasteiger partial charge is 0.246 e. The number of fused-ring (bicyclic) bond motifs is 1. The number of H-pyrrole nitrogens is 1. The minimum atomic E-state index is -0.386. The van der Waals surface area contributed by atoms with E-state index in [0.29, 0.717) is 23.4 Å². The molecule has 0 aromatic carbocycles. The molecule has 1 fully saturated rings. The van der Waals surface area contributed by atoms with E-state index in [2.05, 4.69) is 26.8 Å². The summed E-state index contributed by atoms with van der Waals surface area (Å²) in [5.74, 6) is -0.0123. The van der Waals surface area contributed by atoms with Gasteiger partial charge in [-0.15, -0.1) is 0 Å². The lowest BCUT2D eigenvalue weighted by Gasteiger charge is -2.32. The first-order valence-electron chi connectivity index (χ1n) is 6.84. The molecule has 21 heavy (non-hydrogen) atoms. The molecule has 2 aromatic rings. The fourth-order valence-corrected chi connectivity index (χ4v) is 2.65. The summed E-state index contributed by atoms with van der Waals surface area (Å²) in [6, 6.07) is 0.0371. The van der Waals surface area contributed by atoms with Crippen molar-refractivity contribution in [2.45, 2.75) is 18.9 Å². The number of hydrogen-bond donors (Lipinski definition) is 2. The molecular weight excluding hydrogens is 273 g/mol. The number of nitrogens with zero attached hydrogens (tertiary/aromatic N) is 3. The number of amides is 1. The highest BCUT2D eigenvalue weighted by Crippen LogP contribution is 2.24. The summed E-state index contributed by atoms with van der Waals surface area (Å²) >= 11 is 0. The van der Waals surface area contributed by atoms with Crippen LogP contribution >= 0.6 is 0 Å². The predicted molar refractivity (Wildman–Crippen MR) is 77.3 cm³/mol. The van der Waals surface area contributed by atoms with Crippen molar-refractivity contribution in [1.29, 1.82) is 0 Å². The summed E-state index contributed by atoms with van der Waals surface area (Å²) in [6.45, 7) is 4.79. The molecule has 2 aromatic heterocycles. The molecule has 3 heterocycles. The normalized spacial score (nSPS) is 18.7. The Morgan fingerprint density at radius 2 is 2.43 bits per heavy atom. The van der Waals surface area contributed by atoms with Gasteiger partial charge in [-0.3, -0.25) is 4.79 Å². The van der Waals surface area contributed by atoms with Crippen molar-refractivity contribution in [3.05, 3.63) is 31.0 Å². The molecule has 6 nitrogen and oxygen atoms in total. The molecule has 3 rings (SSSR count). The molecule has 0 radical (unpaired) electrons. The Balaban J connectivity index is 1.80. The summed E-state index contributed by atoms with van der Waals surface area (Å²) in [7, 11) is 0. The van der Waals surface area contributed by atoms with Gasteiger partial charge in [-0.2, -0.15) is 0 Å². The lowest BCUT2D eigenvalue weighted by molar-refractivity contribution is -0.127. The zero-order chi connectivity index (χ0) is 14.8. The number of rotatable bonds is 3. The van der Waals surface area contributed by atoms with Gasteiger partial charge in [0.15, 0.2) is 5.82 Å². The molecule has 110 valence electrons. The molecule has 0 bridgehead atoms. The Morgan fingerprint density at radius 1 is 1.57 bits per heavy atom. The van der Waals surface area contributed by atoms with Gasteiger partial charge in [0.25, 0.3) is 0 Å². The predicted octanol–water partition coefficient (Wildman–Crippen LogP) is 1.69. The molecule has 2 N–H and O–H groups in total. The number of carbonyl (C=O) groups is 1. The van der Waals surface area contributed by atoms with Gasteiger partial charge in [0.2, 0.25) is 5.91 Å². The average molecular weight is 289 g/mol. The molecule has 1 atom stereocenters. The molecule has 1 aliphatic rings. The van der Waals surface area contributed by atoms with Crippen LogP contribution in [0.5, 0.6) is 0 Å². The first-order chi connectivity index (χ1) is 10.2. The van der Waals surface area contributed by atoms with Gasteiger partial charge in [0.05, 0.1) is 5.39 Å².